The van der Waals surface area contributed by atoms with Crippen molar-refractivity contribution in [3.63, 3.8) is 0 Å². The maximum Gasteiger partial charge on any atom is 0.328 e. The van der Waals surface area contributed by atoms with Gasteiger partial charge in [-0.05, 0) is 13.3 Å². The molecule has 1 aliphatic rings. The minimum absolute atomic E-state index is 0.129. The van der Waals surface area contributed by atoms with Crippen LogP contribution in [0.5, 0.6) is 0 Å². The van der Waals surface area contributed by atoms with Crippen LogP contribution in [0.4, 0.5) is 4.79 Å². The fraction of sp³-hybridized carbons (Fsp3) is 0.692. The Labute approximate surface area is 123 Å². The molecule has 0 saturated carbocycles. The van der Waals surface area contributed by atoms with Crippen LogP contribution in [0.25, 0.3) is 0 Å². The van der Waals surface area contributed by atoms with E-state index in [1.54, 1.807) is 6.92 Å². The standard InChI is InChI=1S/C13H21N3O5/c1-4-6-8(12(19)21-5-2)14-11(18)9-7-10(17)16(3)13(20)15-9/h8-9H,4-7H2,1-3H3,(H,14,18)(H,15,20)/t8-,9-/m0/s1. The summed E-state index contributed by atoms with van der Waals surface area (Å²) in [6.45, 7) is 3.77. The van der Waals surface area contributed by atoms with E-state index >= 15 is 0 Å². The lowest BCUT2D eigenvalue weighted by Crippen LogP contribution is -2.59. The van der Waals surface area contributed by atoms with Crippen LogP contribution in [0.3, 0.4) is 0 Å². The van der Waals surface area contributed by atoms with Crippen molar-refractivity contribution in [3.8, 4) is 0 Å². The fourth-order valence-electron chi connectivity index (χ4n) is 1.93. The Hall–Kier alpha value is -2.12. The van der Waals surface area contributed by atoms with Crippen molar-refractivity contribution < 1.29 is 23.9 Å². The number of nitrogens with zero attached hydrogens (tertiary/aromatic N) is 1. The van der Waals surface area contributed by atoms with E-state index in [1.165, 1.54) is 7.05 Å². The highest BCUT2D eigenvalue weighted by molar-refractivity contribution is 6.02. The highest BCUT2D eigenvalue weighted by Gasteiger charge is 2.35. The lowest BCUT2D eigenvalue weighted by Gasteiger charge is -2.29. The Bertz CT molecular complexity index is 420. The molecular weight excluding hydrogens is 278 g/mol. The van der Waals surface area contributed by atoms with Crippen molar-refractivity contribution in [2.45, 2.75) is 45.2 Å². The average molecular weight is 299 g/mol. The van der Waals surface area contributed by atoms with Gasteiger partial charge in [0.25, 0.3) is 0 Å². The van der Waals surface area contributed by atoms with Gasteiger partial charge in [-0.15, -0.1) is 0 Å². The summed E-state index contributed by atoms with van der Waals surface area (Å²) in [5.74, 6) is -1.52. The van der Waals surface area contributed by atoms with E-state index in [0.717, 1.165) is 4.90 Å². The van der Waals surface area contributed by atoms with Gasteiger partial charge in [0.05, 0.1) is 13.0 Å². The zero-order valence-corrected chi connectivity index (χ0v) is 12.5. The van der Waals surface area contributed by atoms with Gasteiger partial charge in [-0.2, -0.15) is 0 Å². The highest BCUT2D eigenvalue weighted by Crippen LogP contribution is 2.07. The van der Waals surface area contributed by atoms with Gasteiger partial charge in [-0.1, -0.05) is 13.3 Å². The number of amides is 4. The molecule has 0 aromatic heterocycles. The second-order valence-electron chi connectivity index (χ2n) is 4.76. The molecule has 1 saturated heterocycles. The first kappa shape index (κ1) is 16.9. The SMILES string of the molecule is CCC[C@H](NC(=O)[C@@H]1CC(=O)N(C)C(=O)N1)C(=O)OCC. The molecule has 0 unspecified atom stereocenters. The average Bonchev–Trinajstić information content (AvgIpc) is 2.43. The predicted octanol–water partition coefficient (Wildman–Crippen LogP) is -0.225. The van der Waals surface area contributed by atoms with Crippen LogP contribution in [0.15, 0.2) is 0 Å². The Balaban J connectivity index is 2.67. The van der Waals surface area contributed by atoms with E-state index in [2.05, 4.69) is 10.6 Å². The van der Waals surface area contributed by atoms with Gasteiger partial charge in [-0.25, -0.2) is 9.59 Å². The maximum absolute atomic E-state index is 12.1. The topological polar surface area (TPSA) is 105 Å². The molecule has 1 fully saturated rings. The first-order chi connectivity index (χ1) is 9.90. The molecule has 4 amide bonds. The predicted molar refractivity (Wildman–Crippen MR) is 73.2 cm³/mol. The monoisotopic (exact) mass is 299 g/mol. The smallest absolute Gasteiger partial charge is 0.328 e. The third-order valence-corrected chi connectivity index (χ3v) is 3.14. The molecule has 1 aliphatic heterocycles. The summed E-state index contributed by atoms with van der Waals surface area (Å²) >= 11 is 0. The Morgan fingerprint density at radius 2 is 2.10 bits per heavy atom. The Kier molecular flexibility index (Phi) is 6.13. The van der Waals surface area contributed by atoms with Gasteiger partial charge in [0.2, 0.25) is 11.8 Å². The molecule has 0 aromatic carbocycles. The quantitative estimate of drug-likeness (QED) is 0.659. The van der Waals surface area contributed by atoms with E-state index in [-0.39, 0.29) is 13.0 Å². The first-order valence-corrected chi connectivity index (χ1v) is 6.94. The van der Waals surface area contributed by atoms with Gasteiger partial charge in [0.1, 0.15) is 12.1 Å². The van der Waals surface area contributed by atoms with Crippen LogP contribution in [-0.4, -0.2) is 54.5 Å². The fourth-order valence-corrected chi connectivity index (χ4v) is 1.93. The molecule has 21 heavy (non-hydrogen) atoms. The van der Waals surface area contributed by atoms with Crippen LogP contribution >= 0.6 is 0 Å². The molecule has 0 spiro atoms. The summed E-state index contributed by atoms with van der Waals surface area (Å²) in [4.78, 5) is 47.8. The molecule has 8 nitrogen and oxygen atoms in total. The highest BCUT2D eigenvalue weighted by atomic mass is 16.5. The summed E-state index contributed by atoms with van der Waals surface area (Å²) in [7, 11) is 1.34. The molecule has 0 aliphatic carbocycles. The Morgan fingerprint density at radius 3 is 2.62 bits per heavy atom. The number of rotatable bonds is 6. The minimum atomic E-state index is -0.963. The minimum Gasteiger partial charge on any atom is -0.464 e. The maximum atomic E-state index is 12.1. The Morgan fingerprint density at radius 1 is 1.43 bits per heavy atom. The lowest BCUT2D eigenvalue weighted by atomic mass is 10.1. The zero-order valence-electron chi connectivity index (χ0n) is 12.5. The molecule has 8 heteroatoms. The first-order valence-electron chi connectivity index (χ1n) is 6.94. The van der Waals surface area contributed by atoms with Crippen molar-refractivity contribution in [1.82, 2.24) is 15.5 Å². The number of urea groups is 1. The second kappa shape index (κ2) is 7.61. The van der Waals surface area contributed by atoms with E-state index in [1.807, 2.05) is 6.92 Å². The molecule has 0 radical (unpaired) electrons. The summed E-state index contributed by atoms with van der Waals surface area (Å²) < 4.78 is 4.89. The lowest BCUT2D eigenvalue weighted by molar-refractivity contribution is -0.148. The van der Waals surface area contributed by atoms with Crippen LogP contribution in [-0.2, 0) is 19.1 Å². The van der Waals surface area contributed by atoms with Gasteiger partial charge < -0.3 is 15.4 Å². The summed E-state index contributed by atoms with van der Waals surface area (Å²) in [6, 6.07) is -2.36. The molecule has 2 N–H and O–H groups in total. The van der Waals surface area contributed by atoms with E-state index in [0.29, 0.717) is 12.8 Å². The van der Waals surface area contributed by atoms with Crippen LogP contribution in [0.2, 0.25) is 0 Å². The van der Waals surface area contributed by atoms with Gasteiger partial charge in [0.15, 0.2) is 0 Å². The largest absolute Gasteiger partial charge is 0.464 e. The van der Waals surface area contributed by atoms with E-state index < -0.39 is 35.9 Å². The number of carbonyl (C=O) groups excluding carboxylic acids is 4. The van der Waals surface area contributed by atoms with Crippen molar-refractivity contribution in [3.05, 3.63) is 0 Å². The second-order valence-corrected chi connectivity index (χ2v) is 4.76. The van der Waals surface area contributed by atoms with Crippen molar-refractivity contribution in [2.24, 2.45) is 0 Å². The van der Waals surface area contributed by atoms with Gasteiger partial charge >= 0.3 is 12.0 Å². The number of hydrogen-bond donors (Lipinski definition) is 2. The van der Waals surface area contributed by atoms with Gasteiger partial charge in [-0.3, -0.25) is 14.5 Å². The van der Waals surface area contributed by atoms with Crippen LogP contribution in [0, 0.1) is 0 Å². The number of hydrogen-bond acceptors (Lipinski definition) is 5. The number of imide groups is 1. The van der Waals surface area contributed by atoms with Crippen molar-refractivity contribution in [2.75, 3.05) is 13.7 Å². The van der Waals surface area contributed by atoms with Crippen LogP contribution < -0.4 is 10.6 Å². The summed E-state index contributed by atoms with van der Waals surface area (Å²) in [5, 5.41) is 4.95. The molecule has 118 valence electrons. The summed E-state index contributed by atoms with van der Waals surface area (Å²) in [5.41, 5.74) is 0. The molecule has 0 bridgehead atoms. The number of nitrogens with one attached hydrogen (secondary N) is 2. The number of ether oxygens (including phenoxy) is 1. The van der Waals surface area contributed by atoms with Crippen molar-refractivity contribution in [1.29, 1.82) is 0 Å². The van der Waals surface area contributed by atoms with Crippen LogP contribution in [0.1, 0.15) is 33.1 Å². The molecule has 1 rings (SSSR count). The molecule has 0 aromatic rings. The van der Waals surface area contributed by atoms with E-state index in [4.69, 9.17) is 4.74 Å². The normalized spacial score (nSPS) is 19.8. The third-order valence-electron chi connectivity index (χ3n) is 3.14. The van der Waals surface area contributed by atoms with E-state index in [9.17, 15) is 19.2 Å². The summed E-state index contributed by atoms with van der Waals surface area (Å²) in [6.07, 6.45) is 0.983. The third kappa shape index (κ3) is 4.44. The van der Waals surface area contributed by atoms with Crippen molar-refractivity contribution >= 4 is 23.8 Å². The molecule has 2 atom stereocenters. The number of carbonyl (C=O) groups is 4. The molecule has 1 heterocycles. The molecular formula is C13H21N3O5. The van der Waals surface area contributed by atoms with Gasteiger partial charge in [0, 0.05) is 7.05 Å². The number of esters is 1. The zero-order chi connectivity index (χ0) is 16.0.